The molecular formula is C21H21N3O2S. The van der Waals surface area contributed by atoms with Gasteiger partial charge < -0.3 is 9.64 Å². The number of piperazine rings is 1. The van der Waals surface area contributed by atoms with Gasteiger partial charge in [-0.3, -0.25) is 9.69 Å². The van der Waals surface area contributed by atoms with Gasteiger partial charge in [0.05, 0.1) is 10.2 Å². The molecule has 138 valence electrons. The van der Waals surface area contributed by atoms with Gasteiger partial charge in [-0.25, -0.2) is 4.98 Å². The lowest BCUT2D eigenvalue weighted by Crippen LogP contribution is -2.47. The van der Waals surface area contributed by atoms with Gasteiger partial charge in [0.1, 0.15) is 5.75 Å². The van der Waals surface area contributed by atoms with Gasteiger partial charge in [0.15, 0.2) is 0 Å². The Morgan fingerprint density at radius 3 is 2.67 bits per heavy atom. The van der Waals surface area contributed by atoms with E-state index in [2.05, 4.69) is 28.1 Å². The van der Waals surface area contributed by atoms with Crippen LogP contribution in [0, 0.1) is 0 Å². The van der Waals surface area contributed by atoms with E-state index in [1.807, 2.05) is 35.2 Å². The van der Waals surface area contributed by atoms with Crippen molar-refractivity contribution in [2.24, 2.45) is 0 Å². The minimum Gasteiger partial charge on any atom is -0.431 e. The van der Waals surface area contributed by atoms with E-state index in [1.54, 1.807) is 18.3 Å². The number of carbonyl (C=O) groups excluding carboxylic acids is 1. The van der Waals surface area contributed by atoms with Crippen LogP contribution in [0.15, 0.2) is 48.5 Å². The first-order valence-electron chi connectivity index (χ1n) is 9.29. The van der Waals surface area contributed by atoms with Crippen molar-refractivity contribution in [3.05, 3.63) is 54.1 Å². The number of para-hydroxylation sites is 1. The standard InChI is InChI=1S/C21H21N3O2S/c1-14(25)24-13-16-10-17(24)12-23(16)11-15-6-8-18(9-7-15)26-21-22-19-4-2-3-5-20(19)27-21/h2-9,16-17H,10-13H2,1H3/t16-,17-/m1/s1. The number of rotatable bonds is 4. The van der Waals surface area contributed by atoms with Crippen LogP contribution in [0.4, 0.5) is 0 Å². The Balaban J connectivity index is 1.23. The molecule has 2 bridgehead atoms. The molecule has 2 aliphatic heterocycles. The molecule has 1 amide bonds. The molecule has 2 atom stereocenters. The second-order valence-electron chi connectivity index (χ2n) is 7.34. The highest BCUT2D eigenvalue weighted by molar-refractivity contribution is 7.20. The predicted octanol–water partition coefficient (Wildman–Crippen LogP) is 3.89. The van der Waals surface area contributed by atoms with Crippen LogP contribution in [0.1, 0.15) is 18.9 Å². The summed E-state index contributed by atoms with van der Waals surface area (Å²) in [6, 6.07) is 17.2. The number of hydrogen-bond donors (Lipinski definition) is 0. The van der Waals surface area contributed by atoms with Crippen molar-refractivity contribution in [3.8, 4) is 10.9 Å². The van der Waals surface area contributed by atoms with Crippen molar-refractivity contribution in [1.82, 2.24) is 14.8 Å². The van der Waals surface area contributed by atoms with Gasteiger partial charge in [-0.15, -0.1) is 0 Å². The van der Waals surface area contributed by atoms with Crippen LogP contribution in [0.3, 0.4) is 0 Å². The number of thiazole rings is 1. The maximum atomic E-state index is 11.6. The van der Waals surface area contributed by atoms with E-state index in [0.717, 1.165) is 42.0 Å². The summed E-state index contributed by atoms with van der Waals surface area (Å²) in [6.45, 7) is 4.45. The lowest BCUT2D eigenvalue weighted by molar-refractivity contribution is -0.131. The first kappa shape index (κ1) is 16.7. The van der Waals surface area contributed by atoms with E-state index in [-0.39, 0.29) is 5.91 Å². The highest BCUT2D eigenvalue weighted by Gasteiger charge is 2.43. The van der Waals surface area contributed by atoms with E-state index in [1.165, 1.54) is 5.56 Å². The molecule has 3 aromatic rings. The fourth-order valence-corrected chi connectivity index (χ4v) is 5.06. The topological polar surface area (TPSA) is 45.7 Å². The summed E-state index contributed by atoms with van der Waals surface area (Å²) in [6.07, 6.45) is 1.11. The van der Waals surface area contributed by atoms with Crippen molar-refractivity contribution < 1.29 is 9.53 Å². The van der Waals surface area contributed by atoms with Crippen molar-refractivity contribution >= 4 is 27.5 Å². The molecule has 5 nitrogen and oxygen atoms in total. The number of likely N-dealkylation sites (tertiary alicyclic amines) is 2. The zero-order valence-corrected chi connectivity index (χ0v) is 16.0. The molecule has 1 aromatic heterocycles. The molecule has 5 rings (SSSR count). The molecule has 27 heavy (non-hydrogen) atoms. The summed E-state index contributed by atoms with van der Waals surface area (Å²) in [5, 5.41) is 0.671. The summed E-state index contributed by atoms with van der Waals surface area (Å²) >= 11 is 1.56. The third-order valence-electron chi connectivity index (χ3n) is 5.55. The van der Waals surface area contributed by atoms with E-state index in [9.17, 15) is 4.79 Å². The highest BCUT2D eigenvalue weighted by Crippen LogP contribution is 2.33. The Morgan fingerprint density at radius 1 is 1.15 bits per heavy atom. The van der Waals surface area contributed by atoms with Gasteiger partial charge in [-0.2, -0.15) is 0 Å². The fraction of sp³-hybridized carbons (Fsp3) is 0.333. The lowest BCUT2D eigenvalue weighted by Gasteiger charge is -2.33. The number of amides is 1. The van der Waals surface area contributed by atoms with Crippen molar-refractivity contribution in [1.29, 1.82) is 0 Å². The van der Waals surface area contributed by atoms with Crippen LogP contribution < -0.4 is 4.74 Å². The number of carbonyl (C=O) groups is 1. The maximum absolute atomic E-state index is 11.6. The predicted molar refractivity (Wildman–Crippen MR) is 106 cm³/mol. The molecule has 0 N–H and O–H groups in total. The molecule has 2 aliphatic rings. The molecule has 0 radical (unpaired) electrons. The summed E-state index contributed by atoms with van der Waals surface area (Å²) in [5.41, 5.74) is 2.24. The Bertz CT molecular complexity index is 952. The van der Waals surface area contributed by atoms with Gasteiger partial charge in [-0.1, -0.05) is 35.6 Å². The molecule has 2 aromatic carbocycles. The van der Waals surface area contributed by atoms with E-state index < -0.39 is 0 Å². The first-order chi connectivity index (χ1) is 13.2. The third-order valence-corrected chi connectivity index (χ3v) is 6.46. The molecule has 2 saturated heterocycles. The van der Waals surface area contributed by atoms with E-state index >= 15 is 0 Å². The summed E-state index contributed by atoms with van der Waals surface area (Å²) < 4.78 is 7.06. The molecule has 0 unspecified atom stereocenters. The zero-order chi connectivity index (χ0) is 18.4. The monoisotopic (exact) mass is 379 g/mol. The number of hydrogen-bond acceptors (Lipinski definition) is 5. The second kappa shape index (κ2) is 6.62. The maximum Gasteiger partial charge on any atom is 0.279 e. The molecule has 0 saturated carbocycles. The number of nitrogens with zero attached hydrogens (tertiary/aromatic N) is 3. The smallest absolute Gasteiger partial charge is 0.279 e. The number of benzene rings is 2. The molecule has 3 heterocycles. The Hall–Kier alpha value is -2.44. The number of fused-ring (bicyclic) bond motifs is 3. The average Bonchev–Trinajstić information content (AvgIpc) is 3.36. The van der Waals surface area contributed by atoms with Crippen LogP contribution in [-0.4, -0.2) is 45.9 Å². The van der Waals surface area contributed by atoms with Crippen LogP contribution >= 0.6 is 11.3 Å². The number of ether oxygens (including phenoxy) is 1. The number of aromatic nitrogens is 1. The third kappa shape index (κ3) is 3.19. The van der Waals surface area contributed by atoms with Gasteiger partial charge in [0.25, 0.3) is 5.19 Å². The molecular weight excluding hydrogens is 358 g/mol. The first-order valence-corrected chi connectivity index (χ1v) is 10.1. The molecule has 6 heteroatoms. The van der Waals surface area contributed by atoms with E-state index in [4.69, 9.17) is 4.74 Å². The van der Waals surface area contributed by atoms with Crippen molar-refractivity contribution in [3.63, 3.8) is 0 Å². The Morgan fingerprint density at radius 2 is 1.96 bits per heavy atom. The van der Waals surface area contributed by atoms with E-state index in [0.29, 0.717) is 17.3 Å². The van der Waals surface area contributed by atoms with Crippen LogP contribution in [0.2, 0.25) is 0 Å². The van der Waals surface area contributed by atoms with Crippen molar-refractivity contribution in [2.75, 3.05) is 13.1 Å². The van der Waals surface area contributed by atoms with Crippen molar-refractivity contribution in [2.45, 2.75) is 32.0 Å². The normalized spacial score (nSPS) is 21.9. The summed E-state index contributed by atoms with van der Waals surface area (Å²) in [4.78, 5) is 20.7. The SMILES string of the molecule is CC(=O)N1C[C@H]2C[C@@H]1CN2Cc1ccc(Oc2nc3ccccc3s2)cc1. The Labute approximate surface area is 162 Å². The highest BCUT2D eigenvalue weighted by atomic mass is 32.1. The second-order valence-corrected chi connectivity index (χ2v) is 8.33. The van der Waals surface area contributed by atoms with Gasteiger partial charge in [0.2, 0.25) is 5.91 Å². The zero-order valence-electron chi connectivity index (χ0n) is 15.2. The Kier molecular flexibility index (Phi) is 4.10. The quantitative estimate of drug-likeness (QED) is 0.690. The fourth-order valence-electron chi connectivity index (χ4n) is 4.22. The van der Waals surface area contributed by atoms with Crippen LogP contribution in [0.25, 0.3) is 10.2 Å². The molecule has 0 aliphatic carbocycles. The molecule has 0 spiro atoms. The summed E-state index contributed by atoms with van der Waals surface area (Å²) in [7, 11) is 0. The van der Waals surface area contributed by atoms with Gasteiger partial charge >= 0.3 is 0 Å². The van der Waals surface area contributed by atoms with Crippen LogP contribution in [-0.2, 0) is 11.3 Å². The minimum absolute atomic E-state index is 0.207. The molecule has 2 fully saturated rings. The van der Waals surface area contributed by atoms with Crippen LogP contribution in [0.5, 0.6) is 10.9 Å². The largest absolute Gasteiger partial charge is 0.431 e. The summed E-state index contributed by atoms with van der Waals surface area (Å²) in [5.74, 6) is 1.02. The minimum atomic E-state index is 0.207. The average molecular weight is 379 g/mol. The lowest BCUT2D eigenvalue weighted by atomic mass is 10.2. The van der Waals surface area contributed by atoms with Gasteiger partial charge in [0, 0.05) is 38.6 Å². The van der Waals surface area contributed by atoms with Gasteiger partial charge in [-0.05, 0) is 36.2 Å².